The number of hydrogen-bond acceptors (Lipinski definition) is 3. The van der Waals surface area contributed by atoms with E-state index in [4.69, 9.17) is 10.8 Å². The molecule has 1 aromatic rings. The number of nitrogens with two attached hydrogens (primary N) is 1. The number of amides is 1. The molecule has 3 N–H and O–H groups in total. The van der Waals surface area contributed by atoms with Gasteiger partial charge in [0.1, 0.15) is 0 Å². The number of likely N-dealkylation sites (tertiary alicyclic amines) is 1. The van der Waals surface area contributed by atoms with Crippen LogP contribution in [0.3, 0.4) is 0 Å². The Morgan fingerprint density at radius 3 is 2.20 bits per heavy atom. The predicted octanol–water partition coefficient (Wildman–Crippen LogP) is 1.50. The molecular formula is C14H19ClN2O3. The van der Waals surface area contributed by atoms with Gasteiger partial charge in [0.2, 0.25) is 5.91 Å². The van der Waals surface area contributed by atoms with Crippen LogP contribution >= 0.6 is 12.4 Å². The maximum Gasteiger partial charge on any atom is 0.335 e. The number of aromatic carboxylic acids is 1. The summed E-state index contributed by atoms with van der Waals surface area (Å²) in [5.74, 6) is -1.11. The standard InChI is InChI=1S/C14H18N2O3.ClH/c15-13(17)11-5-7-16(8-6-11)9-10-1-3-12(4-2-10)14(18)19;/h1-4,11H,5-9H2,(H2,15,17)(H,18,19);1H. The maximum absolute atomic E-state index is 11.1. The lowest BCUT2D eigenvalue weighted by molar-refractivity contribution is -0.123. The number of carboxylic acids is 1. The maximum atomic E-state index is 11.1. The van der Waals surface area contributed by atoms with Gasteiger partial charge < -0.3 is 10.8 Å². The van der Waals surface area contributed by atoms with Gasteiger partial charge >= 0.3 is 5.97 Å². The first kappa shape index (κ1) is 16.5. The molecule has 0 saturated carbocycles. The molecule has 2 rings (SSSR count). The molecule has 20 heavy (non-hydrogen) atoms. The van der Waals surface area contributed by atoms with Crippen molar-refractivity contribution in [1.82, 2.24) is 4.90 Å². The lowest BCUT2D eigenvalue weighted by Crippen LogP contribution is -2.38. The Hall–Kier alpha value is -1.59. The number of rotatable bonds is 4. The quantitative estimate of drug-likeness (QED) is 0.882. The number of nitrogens with zero attached hydrogens (tertiary/aromatic N) is 1. The molecule has 0 aromatic heterocycles. The van der Waals surface area contributed by atoms with Gasteiger partial charge in [0, 0.05) is 12.5 Å². The second-order valence-electron chi connectivity index (χ2n) is 4.95. The molecule has 0 aliphatic carbocycles. The van der Waals surface area contributed by atoms with Gasteiger partial charge in [0.05, 0.1) is 5.56 Å². The minimum Gasteiger partial charge on any atom is -0.478 e. The number of primary amides is 1. The van der Waals surface area contributed by atoms with Gasteiger partial charge in [-0.1, -0.05) is 12.1 Å². The van der Waals surface area contributed by atoms with Crippen LogP contribution in [0.5, 0.6) is 0 Å². The lowest BCUT2D eigenvalue weighted by Gasteiger charge is -2.30. The zero-order valence-corrected chi connectivity index (χ0v) is 11.9. The minimum atomic E-state index is -0.908. The number of piperidine rings is 1. The van der Waals surface area contributed by atoms with E-state index in [-0.39, 0.29) is 24.2 Å². The normalized spacial score (nSPS) is 16.4. The molecule has 0 unspecified atom stereocenters. The molecule has 6 heteroatoms. The molecule has 1 aromatic carbocycles. The van der Waals surface area contributed by atoms with Crippen molar-refractivity contribution in [1.29, 1.82) is 0 Å². The smallest absolute Gasteiger partial charge is 0.335 e. The Labute approximate surface area is 124 Å². The number of carboxylic acid groups (broad SMARTS) is 1. The molecule has 1 amide bonds. The van der Waals surface area contributed by atoms with E-state index in [1.165, 1.54) is 0 Å². The summed E-state index contributed by atoms with van der Waals surface area (Å²) in [6.07, 6.45) is 1.62. The molecule has 0 bridgehead atoms. The van der Waals surface area contributed by atoms with Gasteiger partial charge in [-0.15, -0.1) is 12.4 Å². The van der Waals surface area contributed by atoms with Gasteiger partial charge in [-0.2, -0.15) is 0 Å². The topological polar surface area (TPSA) is 83.6 Å². The van der Waals surface area contributed by atoms with E-state index < -0.39 is 5.97 Å². The molecule has 0 atom stereocenters. The average molecular weight is 299 g/mol. The fourth-order valence-electron chi connectivity index (χ4n) is 2.39. The largest absolute Gasteiger partial charge is 0.478 e. The summed E-state index contributed by atoms with van der Waals surface area (Å²) in [5, 5.41) is 8.82. The predicted molar refractivity (Wildman–Crippen MR) is 77.8 cm³/mol. The van der Waals surface area contributed by atoms with Crippen LogP contribution in [0.15, 0.2) is 24.3 Å². The summed E-state index contributed by atoms with van der Waals surface area (Å²) < 4.78 is 0. The SMILES string of the molecule is Cl.NC(=O)C1CCN(Cc2ccc(C(=O)O)cc2)CC1. The van der Waals surface area contributed by atoms with E-state index in [0.717, 1.165) is 38.0 Å². The van der Waals surface area contributed by atoms with Crippen molar-refractivity contribution in [3.63, 3.8) is 0 Å². The fraction of sp³-hybridized carbons (Fsp3) is 0.429. The summed E-state index contributed by atoms with van der Waals surface area (Å²) in [7, 11) is 0. The Bertz CT molecular complexity index is 468. The molecule has 1 aliphatic rings. The highest BCUT2D eigenvalue weighted by Gasteiger charge is 2.22. The number of benzene rings is 1. The van der Waals surface area contributed by atoms with Crippen LogP contribution < -0.4 is 5.73 Å². The second kappa shape index (κ2) is 7.26. The Morgan fingerprint density at radius 2 is 1.75 bits per heavy atom. The third-order valence-electron chi connectivity index (χ3n) is 3.60. The second-order valence-corrected chi connectivity index (χ2v) is 4.95. The van der Waals surface area contributed by atoms with E-state index in [2.05, 4.69) is 4.90 Å². The first-order chi connectivity index (χ1) is 9.06. The van der Waals surface area contributed by atoms with E-state index in [0.29, 0.717) is 5.56 Å². The summed E-state index contributed by atoms with van der Waals surface area (Å²) in [6.45, 7) is 2.49. The number of carbonyl (C=O) groups is 2. The fourth-order valence-corrected chi connectivity index (χ4v) is 2.39. The summed E-state index contributed by atoms with van der Waals surface area (Å²) in [5.41, 5.74) is 6.68. The number of hydrogen-bond donors (Lipinski definition) is 2. The van der Waals surface area contributed by atoms with Gasteiger partial charge in [-0.3, -0.25) is 9.69 Å². The molecule has 1 fully saturated rings. The Kier molecular flexibility index (Phi) is 5.98. The molecule has 1 saturated heterocycles. The van der Waals surface area contributed by atoms with Crippen LogP contribution in [-0.4, -0.2) is 35.0 Å². The minimum absolute atomic E-state index is 0. The van der Waals surface area contributed by atoms with Gasteiger partial charge in [0.15, 0.2) is 0 Å². The van der Waals surface area contributed by atoms with Crippen molar-refractivity contribution >= 4 is 24.3 Å². The zero-order valence-electron chi connectivity index (χ0n) is 11.1. The van der Waals surface area contributed by atoms with Gasteiger partial charge in [-0.25, -0.2) is 4.79 Å². The highest BCUT2D eigenvalue weighted by molar-refractivity contribution is 5.87. The third kappa shape index (κ3) is 4.21. The highest BCUT2D eigenvalue weighted by Crippen LogP contribution is 2.18. The van der Waals surface area contributed by atoms with Gasteiger partial charge in [-0.05, 0) is 43.6 Å². The van der Waals surface area contributed by atoms with Crippen molar-refractivity contribution in [3.05, 3.63) is 35.4 Å². The van der Waals surface area contributed by atoms with E-state index in [1.54, 1.807) is 12.1 Å². The van der Waals surface area contributed by atoms with E-state index in [1.807, 2.05) is 12.1 Å². The zero-order chi connectivity index (χ0) is 13.8. The molecular weight excluding hydrogens is 280 g/mol. The Morgan fingerprint density at radius 1 is 1.20 bits per heavy atom. The molecule has 0 radical (unpaired) electrons. The van der Waals surface area contributed by atoms with Crippen molar-refractivity contribution in [2.24, 2.45) is 11.7 Å². The summed E-state index contributed by atoms with van der Waals surface area (Å²) in [4.78, 5) is 24.1. The van der Waals surface area contributed by atoms with E-state index >= 15 is 0 Å². The first-order valence-corrected chi connectivity index (χ1v) is 6.40. The van der Waals surface area contributed by atoms with E-state index in [9.17, 15) is 9.59 Å². The molecule has 0 spiro atoms. The first-order valence-electron chi connectivity index (χ1n) is 6.40. The van der Waals surface area contributed by atoms with Crippen LogP contribution in [-0.2, 0) is 11.3 Å². The highest BCUT2D eigenvalue weighted by atomic mass is 35.5. The molecule has 110 valence electrons. The summed E-state index contributed by atoms with van der Waals surface area (Å²) in [6, 6.07) is 6.91. The van der Waals surface area contributed by atoms with Gasteiger partial charge in [0.25, 0.3) is 0 Å². The van der Waals surface area contributed by atoms with Crippen molar-refractivity contribution in [2.45, 2.75) is 19.4 Å². The lowest BCUT2D eigenvalue weighted by atomic mass is 9.96. The van der Waals surface area contributed by atoms with Crippen molar-refractivity contribution < 1.29 is 14.7 Å². The molecule has 5 nitrogen and oxygen atoms in total. The van der Waals surface area contributed by atoms with Crippen LogP contribution in [0.25, 0.3) is 0 Å². The van der Waals surface area contributed by atoms with Crippen LogP contribution in [0, 0.1) is 5.92 Å². The van der Waals surface area contributed by atoms with Crippen LogP contribution in [0.2, 0.25) is 0 Å². The van der Waals surface area contributed by atoms with Crippen LogP contribution in [0.4, 0.5) is 0 Å². The molecule has 1 aliphatic heterocycles. The average Bonchev–Trinajstić information content (AvgIpc) is 2.40. The Balaban J connectivity index is 0.00000200. The third-order valence-corrected chi connectivity index (χ3v) is 3.60. The van der Waals surface area contributed by atoms with Crippen molar-refractivity contribution in [3.8, 4) is 0 Å². The number of halogens is 1. The summed E-state index contributed by atoms with van der Waals surface area (Å²) >= 11 is 0. The molecule has 1 heterocycles. The van der Waals surface area contributed by atoms with Crippen molar-refractivity contribution in [2.75, 3.05) is 13.1 Å². The number of carbonyl (C=O) groups excluding carboxylic acids is 1. The monoisotopic (exact) mass is 298 g/mol. The van der Waals surface area contributed by atoms with Crippen LogP contribution in [0.1, 0.15) is 28.8 Å².